The summed E-state index contributed by atoms with van der Waals surface area (Å²) in [6, 6.07) is 14.0. The maximum Gasteiger partial charge on any atom is 0.269 e. The van der Waals surface area contributed by atoms with Crippen molar-refractivity contribution >= 4 is 11.6 Å². The van der Waals surface area contributed by atoms with Gasteiger partial charge in [-0.25, -0.2) is 4.98 Å². The average molecular weight is 311 g/mol. The zero-order valence-corrected chi connectivity index (χ0v) is 14.0. The molecule has 23 heavy (non-hydrogen) atoms. The Labute approximate surface area is 138 Å². The van der Waals surface area contributed by atoms with Crippen LogP contribution in [0.15, 0.2) is 48.7 Å². The monoisotopic (exact) mass is 311 g/mol. The Hall–Kier alpha value is -2.36. The molecule has 0 bridgehead atoms. The second kappa shape index (κ2) is 8.93. The van der Waals surface area contributed by atoms with Crippen LogP contribution >= 0.6 is 0 Å². The molecule has 0 atom stereocenters. The van der Waals surface area contributed by atoms with Gasteiger partial charge >= 0.3 is 0 Å². The summed E-state index contributed by atoms with van der Waals surface area (Å²) in [5.74, 6) is -0.107. The summed E-state index contributed by atoms with van der Waals surface area (Å²) in [6.07, 6.45) is 3.66. The zero-order valence-electron chi connectivity index (χ0n) is 14.0. The number of pyridine rings is 1. The van der Waals surface area contributed by atoms with Gasteiger partial charge < -0.3 is 10.2 Å². The van der Waals surface area contributed by atoms with E-state index in [2.05, 4.69) is 41.2 Å². The number of carbonyl (C=O) groups excluding carboxylic acids is 1. The first-order valence-corrected chi connectivity index (χ1v) is 8.27. The number of nitrogens with zero attached hydrogens (tertiary/aromatic N) is 2. The number of carbonyl (C=O) groups is 1. The van der Waals surface area contributed by atoms with Crippen LogP contribution in [-0.2, 0) is 6.42 Å². The molecule has 1 amide bonds. The Bertz CT molecular complexity index is 592. The molecule has 2 aromatic rings. The van der Waals surface area contributed by atoms with Crippen molar-refractivity contribution in [2.75, 3.05) is 24.5 Å². The number of aromatic nitrogens is 1. The largest absolute Gasteiger partial charge is 0.371 e. The summed E-state index contributed by atoms with van der Waals surface area (Å²) in [4.78, 5) is 18.6. The molecule has 1 N–H and O–H groups in total. The van der Waals surface area contributed by atoms with E-state index in [1.165, 1.54) is 5.56 Å². The van der Waals surface area contributed by atoms with Crippen molar-refractivity contribution in [1.82, 2.24) is 10.3 Å². The van der Waals surface area contributed by atoms with Gasteiger partial charge in [-0.15, -0.1) is 0 Å². The standard InChI is InChI=1S/C19H25N3O/c1-3-22(4-2)17-12-13-18(21-15-17)19(23)20-14-8-11-16-9-6-5-7-10-16/h5-7,9-10,12-13,15H,3-4,8,11,14H2,1-2H3,(H,20,23). The molecule has 1 heterocycles. The molecule has 4 heteroatoms. The lowest BCUT2D eigenvalue weighted by atomic mass is 10.1. The van der Waals surface area contributed by atoms with Crippen LogP contribution in [0, 0.1) is 0 Å². The van der Waals surface area contributed by atoms with Gasteiger partial charge in [0.05, 0.1) is 11.9 Å². The fourth-order valence-corrected chi connectivity index (χ4v) is 2.53. The van der Waals surface area contributed by atoms with Crippen LogP contribution in [0.2, 0.25) is 0 Å². The minimum absolute atomic E-state index is 0.107. The number of benzene rings is 1. The Morgan fingerprint density at radius 2 is 1.83 bits per heavy atom. The summed E-state index contributed by atoms with van der Waals surface area (Å²) in [5, 5.41) is 2.93. The van der Waals surface area contributed by atoms with Gasteiger partial charge in [0.15, 0.2) is 0 Å². The Morgan fingerprint density at radius 3 is 2.43 bits per heavy atom. The van der Waals surface area contributed by atoms with Crippen molar-refractivity contribution in [3.8, 4) is 0 Å². The molecule has 4 nitrogen and oxygen atoms in total. The molecule has 0 aliphatic rings. The molecule has 0 unspecified atom stereocenters. The SMILES string of the molecule is CCN(CC)c1ccc(C(=O)NCCCc2ccccc2)nc1. The van der Waals surface area contributed by atoms with E-state index in [0.717, 1.165) is 31.6 Å². The topological polar surface area (TPSA) is 45.2 Å². The Kier molecular flexibility index (Phi) is 6.60. The van der Waals surface area contributed by atoms with Crippen LogP contribution in [0.3, 0.4) is 0 Å². The van der Waals surface area contributed by atoms with Crippen LogP contribution in [0.4, 0.5) is 5.69 Å². The first-order chi connectivity index (χ1) is 11.2. The molecule has 1 aromatic carbocycles. The van der Waals surface area contributed by atoms with E-state index in [-0.39, 0.29) is 5.91 Å². The molecule has 0 aliphatic carbocycles. The predicted octanol–water partition coefficient (Wildman–Crippen LogP) is 3.29. The van der Waals surface area contributed by atoms with E-state index < -0.39 is 0 Å². The lowest BCUT2D eigenvalue weighted by molar-refractivity contribution is 0.0948. The molecule has 1 aromatic heterocycles. The number of hydrogen-bond acceptors (Lipinski definition) is 3. The Morgan fingerprint density at radius 1 is 1.09 bits per heavy atom. The van der Waals surface area contributed by atoms with E-state index >= 15 is 0 Å². The van der Waals surface area contributed by atoms with Crippen LogP contribution in [0.5, 0.6) is 0 Å². The highest BCUT2D eigenvalue weighted by molar-refractivity contribution is 5.92. The van der Waals surface area contributed by atoms with Crippen LogP contribution in [0.25, 0.3) is 0 Å². The van der Waals surface area contributed by atoms with Gasteiger partial charge in [0.25, 0.3) is 5.91 Å². The summed E-state index contributed by atoms with van der Waals surface area (Å²) >= 11 is 0. The van der Waals surface area contributed by atoms with Crippen molar-refractivity contribution in [3.05, 3.63) is 59.9 Å². The van der Waals surface area contributed by atoms with Gasteiger partial charge in [0.2, 0.25) is 0 Å². The molecule has 0 saturated heterocycles. The summed E-state index contributed by atoms with van der Waals surface area (Å²) < 4.78 is 0. The fourth-order valence-electron chi connectivity index (χ4n) is 2.53. The second-order valence-corrected chi connectivity index (χ2v) is 5.42. The van der Waals surface area contributed by atoms with E-state index in [0.29, 0.717) is 12.2 Å². The number of aryl methyl sites for hydroxylation is 1. The third-order valence-corrected chi connectivity index (χ3v) is 3.88. The van der Waals surface area contributed by atoms with E-state index in [1.807, 2.05) is 24.3 Å². The third kappa shape index (κ3) is 5.09. The summed E-state index contributed by atoms with van der Waals surface area (Å²) in [6.45, 7) is 6.74. The second-order valence-electron chi connectivity index (χ2n) is 5.42. The zero-order chi connectivity index (χ0) is 16.5. The fraction of sp³-hybridized carbons (Fsp3) is 0.368. The summed E-state index contributed by atoms with van der Waals surface area (Å²) in [7, 11) is 0. The number of nitrogens with one attached hydrogen (secondary N) is 1. The van der Waals surface area contributed by atoms with E-state index in [9.17, 15) is 4.79 Å². The number of hydrogen-bond donors (Lipinski definition) is 1. The Balaban J connectivity index is 1.79. The number of amides is 1. The lowest BCUT2D eigenvalue weighted by Gasteiger charge is -2.20. The van der Waals surface area contributed by atoms with E-state index in [1.54, 1.807) is 12.3 Å². The van der Waals surface area contributed by atoms with Crippen molar-refractivity contribution in [2.45, 2.75) is 26.7 Å². The maximum atomic E-state index is 12.1. The van der Waals surface area contributed by atoms with Gasteiger partial charge in [0, 0.05) is 19.6 Å². The minimum Gasteiger partial charge on any atom is -0.371 e. The third-order valence-electron chi connectivity index (χ3n) is 3.88. The molecule has 0 radical (unpaired) electrons. The number of anilines is 1. The quantitative estimate of drug-likeness (QED) is 0.761. The van der Waals surface area contributed by atoms with Crippen molar-refractivity contribution in [1.29, 1.82) is 0 Å². The first-order valence-electron chi connectivity index (χ1n) is 8.27. The maximum absolute atomic E-state index is 12.1. The molecule has 0 saturated carbocycles. The highest BCUT2D eigenvalue weighted by atomic mass is 16.1. The predicted molar refractivity (Wildman–Crippen MR) is 94.9 cm³/mol. The molecule has 2 rings (SSSR count). The smallest absolute Gasteiger partial charge is 0.269 e. The van der Waals surface area contributed by atoms with Crippen LogP contribution < -0.4 is 10.2 Å². The van der Waals surface area contributed by atoms with Crippen LogP contribution in [0.1, 0.15) is 36.3 Å². The van der Waals surface area contributed by atoms with Gasteiger partial charge in [-0.2, -0.15) is 0 Å². The van der Waals surface area contributed by atoms with Crippen molar-refractivity contribution in [2.24, 2.45) is 0 Å². The normalized spacial score (nSPS) is 10.3. The molecular formula is C19H25N3O. The van der Waals surface area contributed by atoms with Gasteiger partial charge in [-0.1, -0.05) is 30.3 Å². The molecular weight excluding hydrogens is 286 g/mol. The van der Waals surface area contributed by atoms with E-state index in [4.69, 9.17) is 0 Å². The highest BCUT2D eigenvalue weighted by Gasteiger charge is 2.08. The lowest BCUT2D eigenvalue weighted by Crippen LogP contribution is -2.26. The molecule has 122 valence electrons. The molecule has 0 fully saturated rings. The minimum atomic E-state index is -0.107. The van der Waals surface area contributed by atoms with Gasteiger partial charge in [-0.05, 0) is 44.4 Å². The van der Waals surface area contributed by atoms with Gasteiger partial charge in [0.1, 0.15) is 5.69 Å². The number of rotatable bonds is 8. The molecule has 0 aliphatic heterocycles. The van der Waals surface area contributed by atoms with Crippen molar-refractivity contribution < 1.29 is 4.79 Å². The summed E-state index contributed by atoms with van der Waals surface area (Å²) in [5.41, 5.74) is 2.82. The van der Waals surface area contributed by atoms with Crippen molar-refractivity contribution in [3.63, 3.8) is 0 Å². The highest BCUT2D eigenvalue weighted by Crippen LogP contribution is 2.12. The van der Waals surface area contributed by atoms with Gasteiger partial charge in [-0.3, -0.25) is 4.79 Å². The first kappa shape index (κ1) is 17.0. The van der Waals surface area contributed by atoms with Crippen LogP contribution in [-0.4, -0.2) is 30.5 Å². The average Bonchev–Trinajstić information content (AvgIpc) is 2.61. The molecule has 0 spiro atoms.